The molecule has 0 saturated carbocycles. The Morgan fingerprint density at radius 3 is 2.91 bits per heavy atom. The summed E-state index contributed by atoms with van der Waals surface area (Å²) in [4.78, 5) is 0. The fraction of sp³-hybridized carbons (Fsp3) is 0.471. The monoisotopic (exact) mass is 332 g/mol. The third kappa shape index (κ3) is 5.32. The standard InChI is InChI=1S/C17H24N4OS/c1-3-5-10-16-19-20-17(23)21(16)18-13-14-8-7-9-15(12-14)22-11-6-4-2/h7-9,12-13H,3-6,10-11H2,1-2H3,(H,20,23)/b18-13+. The Morgan fingerprint density at radius 1 is 1.30 bits per heavy atom. The second kappa shape index (κ2) is 9.25. The van der Waals surface area contributed by atoms with Crippen LogP contribution in [0.4, 0.5) is 0 Å². The van der Waals surface area contributed by atoms with Crippen LogP contribution < -0.4 is 4.74 Å². The lowest BCUT2D eigenvalue weighted by atomic mass is 10.2. The van der Waals surface area contributed by atoms with Crippen molar-refractivity contribution in [1.82, 2.24) is 14.9 Å². The van der Waals surface area contributed by atoms with Crippen LogP contribution in [-0.2, 0) is 6.42 Å². The summed E-state index contributed by atoms with van der Waals surface area (Å²) in [6, 6.07) is 7.90. The number of nitrogens with zero attached hydrogens (tertiary/aromatic N) is 3. The molecule has 2 rings (SSSR count). The summed E-state index contributed by atoms with van der Waals surface area (Å²) >= 11 is 5.24. The van der Waals surface area contributed by atoms with Crippen molar-refractivity contribution in [3.8, 4) is 5.75 Å². The van der Waals surface area contributed by atoms with Gasteiger partial charge in [0.05, 0.1) is 12.8 Å². The molecule has 5 nitrogen and oxygen atoms in total. The summed E-state index contributed by atoms with van der Waals surface area (Å²) in [5.41, 5.74) is 0.975. The molecule has 0 bridgehead atoms. The molecule has 0 spiro atoms. The van der Waals surface area contributed by atoms with Crippen LogP contribution in [0.5, 0.6) is 5.75 Å². The minimum Gasteiger partial charge on any atom is -0.494 e. The highest BCUT2D eigenvalue weighted by Gasteiger charge is 2.04. The normalized spacial score (nSPS) is 11.2. The fourth-order valence-electron chi connectivity index (χ4n) is 2.08. The van der Waals surface area contributed by atoms with Crippen molar-refractivity contribution in [3.05, 3.63) is 40.4 Å². The van der Waals surface area contributed by atoms with Gasteiger partial charge >= 0.3 is 0 Å². The predicted molar refractivity (Wildman–Crippen MR) is 95.9 cm³/mol. The van der Waals surface area contributed by atoms with Crippen molar-refractivity contribution in [2.75, 3.05) is 6.61 Å². The van der Waals surface area contributed by atoms with Crippen LogP contribution in [0.3, 0.4) is 0 Å². The van der Waals surface area contributed by atoms with Crippen LogP contribution in [0.2, 0.25) is 0 Å². The summed E-state index contributed by atoms with van der Waals surface area (Å²) in [6.45, 7) is 5.04. The Hall–Kier alpha value is -1.95. The van der Waals surface area contributed by atoms with Crippen molar-refractivity contribution >= 4 is 18.4 Å². The summed E-state index contributed by atoms with van der Waals surface area (Å²) < 4.78 is 7.92. The summed E-state index contributed by atoms with van der Waals surface area (Å²) in [7, 11) is 0. The number of hydrogen-bond acceptors (Lipinski definition) is 4. The van der Waals surface area contributed by atoms with E-state index < -0.39 is 0 Å². The molecule has 0 saturated heterocycles. The van der Waals surface area contributed by atoms with E-state index in [0.717, 1.165) is 55.8 Å². The first-order valence-electron chi connectivity index (χ1n) is 8.18. The number of hydrogen-bond donors (Lipinski definition) is 1. The minimum absolute atomic E-state index is 0.516. The van der Waals surface area contributed by atoms with Gasteiger partial charge in [0.25, 0.3) is 0 Å². The maximum Gasteiger partial charge on any atom is 0.216 e. The van der Waals surface area contributed by atoms with E-state index in [2.05, 4.69) is 29.1 Å². The highest BCUT2D eigenvalue weighted by atomic mass is 32.1. The maximum absolute atomic E-state index is 5.72. The van der Waals surface area contributed by atoms with Crippen LogP contribution >= 0.6 is 12.2 Å². The van der Waals surface area contributed by atoms with Crippen LogP contribution in [0.1, 0.15) is 50.9 Å². The first-order chi connectivity index (χ1) is 11.2. The second-order valence-corrected chi connectivity index (χ2v) is 5.77. The highest BCUT2D eigenvalue weighted by molar-refractivity contribution is 7.71. The number of ether oxygens (including phenoxy) is 1. The molecule has 0 aliphatic rings. The molecule has 2 aromatic rings. The Bertz CT molecular complexity index is 690. The van der Waals surface area contributed by atoms with Gasteiger partial charge in [0.2, 0.25) is 4.77 Å². The van der Waals surface area contributed by atoms with Gasteiger partial charge in [0.1, 0.15) is 5.75 Å². The number of aryl methyl sites for hydroxylation is 1. The van der Waals surface area contributed by atoms with E-state index in [1.807, 2.05) is 24.3 Å². The maximum atomic E-state index is 5.72. The molecule has 124 valence electrons. The van der Waals surface area contributed by atoms with Gasteiger partial charge in [-0.2, -0.15) is 14.9 Å². The summed E-state index contributed by atoms with van der Waals surface area (Å²) in [5.74, 6) is 1.73. The summed E-state index contributed by atoms with van der Waals surface area (Å²) in [5, 5.41) is 11.5. The molecule has 6 heteroatoms. The zero-order valence-corrected chi connectivity index (χ0v) is 14.6. The average Bonchev–Trinajstić information content (AvgIpc) is 2.91. The molecule has 1 aromatic heterocycles. The third-order valence-corrected chi connectivity index (χ3v) is 3.68. The molecule has 0 radical (unpaired) electrons. The molecule has 0 unspecified atom stereocenters. The van der Waals surface area contributed by atoms with Gasteiger partial charge in [0.15, 0.2) is 5.82 Å². The number of H-pyrrole nitrogens is 1. The smallest absolute Gasteiger partial charge is 0.216 e. The molecule has 1 N–H and O–H groups in total. The lowest BCUT2D eigenvalue weighted by Crippen LogP contribution is -2.00. The number of rotatable bonds is 9. The number of unbranched alkanes of at least 4 members (excludes halogenated alkanes) is 2. The Labute approximate surface area is 142 Å². The van der Waals surface area contributed by atoms with E-state index in [1.165, 1.54) is 0 Å². The Kier molecular flexibility index (Phi) is 7.00. The Morgan fingerprint density at radius 2 is 2.13 bits per heavy atom. The molecule has 0 fully saturated rings. The molecular weight excluding hydrogens is 308 g/mol. The molecule has 0 aliphatic heterocycles. The van der Waals surface area contributed by atoms with E-state index in [0.29, 0.717) is 4.77 Å². The van der Waals surface area contributed by atoms with Crippen LogP contribution in [0.25, 0.3) is 0 Å². The lowest BCUT2D eigenvalue weighted by Gasteiger charge is -2.05. The SMILES string of the molecule is CCCCOc1cccc(/C=N/n2c(CCCC)n[nH]c2=S)c1. The van der Waals surface area contributed by atoms with Gasteiger partial charge in [-0.1, -0.05) is 38.8 Å². The molecular formula is C17H24N4OS. The van der Waals surface area contributed by atoms with Crippen molar-refractivity contribution in [2.24, 2.45) is 5.10 Å². The van der Waals surface area contributed by atoms with Gasteiger partial charge in [-0.3, -0.25) is 5.10 Å². The predicted octanol–water partition coefficient (Wildman–Crippen LogP) is 4.34. The molecule has 1 heterocycles. The number of benzene rings is 1. The lowest BCUT2D eigenvalue weighted by molar-refractivity contribution is 0.309. The molecule has 0 amide bonds. The van der Waals surface area contributed by atoms with Crippen LogP contribution in [-0.4, -0.2) is 27.7 Å². The van der Waals surface area contributed by atoms with Crippen molar-refractivity contribution < 1.29 is 4.74 Å². The molecule has 23 heavy (non-hydrogen) atoms. The molecule has 1 aromatic carbocycles. The third-order valence-electron chi connectivity index (χ3n) is 3.42. The zero-order chi connectivity index (χ0) is 16.5. The topological polar surface area (TPSA) is 55.2 Å². The number of nitrogens with one attached hydrogen (secondary N) is 1. The Balaban J connectivity index is 2.09. The van der Waals surface area contributed by atoms with Gasteiger partial charge in [-0.15, -0.1) is 0 Å². The largest absolute Gasteiger partial charge is 0.494 e. The fourth-order valence-corrected chi connectivity index (χ4v) is 2.28. The highest BCUT2D eigenvalue weighted by Crippen LogP contribution is 2.13. The minimum atomic E-state index is 0.516. The second-order valence-electron chi connectivity index (χ2n) is 5.38. The van der Waals surface area contributed by atoms with Crippen molar-refractivity contribution in [3.63, 3.8) is 0 Å². The van der Waals surface area contributed by atoms with E-state index in [1.54, 1.807) is 10.9 Å². The first-order valence-corrected chi connectivity index (χ1v) is 8.59. The first kappa shape index (κ1) is 17.4. The quantitative estimate of drug-likeness (QED) is 0.422. The van der Waals surface area contributed by atoms with E-state index in [-0.39, 0.29) is 0 Å². The van der Waals surface area contributed by atoms with Gasteiger partial charge in [0, 0.05) is 6.42 Å². The summed E-state index contributed by atoms with van der Waals surface area (Å²) in [6.07, 6.45) is 7.01. The van der Waals surface area contributed by atoms with Crippen molar-refractivity contribution in [2.45, 2.75) is 46.0 Å². The van der Waals surface area contributed by atoms with Crippen LogP contribution in [0.15, 0.2) is 29.4 Å². The molecule has 0 aliphatic carbocycles. The van der Waals surface area contributed by atoms with E-state index in [4.69, 9.17) is 17.0 Å². The van der Waals surface area contributed by atoms with Gasteiger partial charge in [-0.05, 0) is 42.8 Å². The van der Waals surface area contributed by atoms with E-state index >= 15 is 0 Å². The average molecular weight is 332 g/mol. The zero-order valence-electron chi connectivity index (χ0n) is 13.8. The van der Waals surface area contributed by atoms with Gasteiger partial charge < -0.3 is 4.74 Å². The number of aromatic nitrogens is 3. The van der Waals surface area contributed by atoms with E-state index in [9.17, 15) is 0 Å². The van der Waals surface area contributed by atoms with Crippen molar-refractivity contribution in [1.29, 1.82) is 0 Å². The van der Waals surface area contributed by atoms with Gasteiger partial charge in [-0.25, -0.2) is 0 Å². The molecule has 0 atom stereocenters. The number of aromatic amines is 1. The van der Waals surface area contributed by atoms with Crippen LogP contribution in [0, 0.1) is 4.77 Å².